The minimum Gasteiger partial charge on any atom is -0.378 e. The van der Waals surface area contributed by atoms with Crippen molar-refractivity contribution in [3.63, 3.8) is 0 Å². The smallest absolute Gasteiger partial charge is 0.139 e. The summed E-state index contributed by atoms with van der Waals surface area (Å²) in [6.07, 6.45) is -0.977. The van der Waals surface area contributed by atoms with Gasteiger partial charge < -0.3 is 9.84 Å². The highest BCUT2D eigenvalue weighted by Crippen LogP contribution is 2.06. The molecule has 1 aromatic carbocycles. The summed E-state index contributed by atoms with van der Waals surface area (Å²) in [6, 6.07) is 9.94. The van der Waals surface area contributed by atoms with E-state index < -0.39 is 14.2 Å². The quantitative estimate of drug-likeness (QED) is 0.668. The first-order valence-electron chi connectivity index (χ1n) is 6.25. The molecule has 0 aliphatic carbocycles. The van der Waals surface area contributed by atoms with E-state index in [1.54, 1.807) is 0 Å². The monoisotopic (exact) mass is 262 g/mol. The van der Waals surface area contributed by atoms with Crippen LogP contribution >= 0.6 is 0 Å². The summed E-state index contributed by atoms with van der Waals surface area (Å²) in [5.74, 6) is 2.90. The first kappa shape index (κ1) is 15.0. The highest BCUT2D eigenvalue weighted by Gasteiger charge is 2.14. The molecule has 0 aliphatic rings. The van der Waals surface area contributed by atoms with Crippen molar-refractivity contribution in [2.24, 2.45) is 0 Å². The summed E-state index contributed by atoms with van der Waals surface area (Å²) in [5.41, 5.74) is 4.27. The van der Waals surface area contributed by atoms with Crippen LogP contribution in [-0.4, -0.2) is 25.4 Å². The van der Waals surface area contributed by atoms with Crippen molar-refractivity contribution in [1.82, 2.24) is 0 Å². The first-order chi connectivity index (χ1) is 8.38. The molecule has 0 bridgehead atoms. The van der Waals surface area contributed by atoms with E-state index in [0.29, 0.717) is 6.61 Å². The lowest BCUT2D eigenvalue weighted by Gasteiger charge is -2.16. The Hall–Kier alpha value is -1.08. The van der Waals surface area contributed by atoms with Crippen molar-refractivity contribution in [1.29, 1.82) is 0 Å². The van der Waals surface area contributed by atoms with Gasteiger partial charge in [0.25, 0.3) is 0 Å². The van der Waals surface area contributed by atoms with Crippen LogP contribution in [0.2, 0.25) is 19.6 Å². The van der Waals surface area contributed by atoms with Crippen LogP contribution in [0.25, 0.3) is 0 Å². The number of rotatable bonds is 4. The van der Waals surface area contributed by atoms with Crippen LogP contribution in [0.3, 0.4) is 0 Å². The van der Waals surface area contributed by atoms with Gasteiger partial charge in [-0.15, -0.1) is 5.54 Å². The van der Waals surface area contributed by atoms with Crippen LogP contribution in [0.5, 0.6) is 0 Å². The Balaban J connectivity index is 2.45. The molecule has 98 valence electrons. The van der Waals surface area contributed by atoms with Gasteiger partial charge in [-0.2, -0.15) is 0 Å². The van der Waals surface area contributed by atoms with Gasteiger partial charge >= 0.3 is 0 Å². The van der Waals surface area contributed by atoms with E-state index >= 15 is 0 Å². The minimum atomic E-state index is -1.43. The lowest BCUT2D eigenvalue weighted by molar-refractivity contribution is -0.0116. The molecule has 0 amide bonds. The number of aliphatic hydroxyl groups is 1. The van der Waals surface area contributed by atoms with Crippen LogP contribution in [-0.2, 0) is 11.3 Å². The lowest BCUT2D eigenvalue weighted by Crippen LogP contribution is -2.26. The topological polar surface area (TPSA) is 29.5 Å². The minimum absolute atomic E-state index is 0.269. The van der Waals surface area contributed by atoms with Crippen LogP contribution in [0.1, 0.15) is 12.5 Å². The summed E-state index contributed by atoms with van der Waals surface area (Å²) in [7, 11) is -1.43. The highest BCUT2D eigenvalue weighted by atomic mass is 28.3. The second-order valence-corrected chi connectivity index (χ2v) is 10.2. The maximum atomic E-state index is 9.88. The van der Waals surface area contributed by atoms with Crippen molar-refractivity contribution in [3.8, 4) is 11.5 Å². The van der Waals surface area contributed by atoms with Crippen LogP contribution in [0.15, 0.2) is 30.3 Å². The Morgan fingerprint density at radius 2 is 1.83 bits per heavy atom. The molecular weight excluding hydrogens is 240 g/mol. The summed E-state index contributed by atoms with van der Waals surface area (Å²) < 4.78 is 5.62. The van der Waals surface area contributed by atoms with E-state index in [2.05, 4.69) is 31.1 Å². The zero-order chi connectivity index (χ0) is 13.6. The predicted molar refractivity (Wildman–Crippen MR) is 77.8 cm³/mol. The molecule has 1 N–H and O–H groups in total. The molecule has 2 nitrogen and oxygen atoms in total. The van der Waals surface area contributed by atoms with Gasteiger partial charge in [-0.1, -0.05) is 55.9 Å². The van der Waals surface area contributed by atoms with Crippen molar-refractivity contribution in [2.45, 2.75) is 45.4 Å². The fourth-order valence-corrected chi connectivity index (χ4v) is 1.88. The molecule has 3 heteroatoms. The second kappa shape index (κ2) is 6.74. The molecule has 1 rings (SSSR count). The van der Waals surface area contributed by atoms with Gasteiger partial charge in [-0.3, -0.25) is 0 Å². The maximum Gasteiger partial charge on any atom is 0.139 e. The molecule has 0 spiro atoms. The van der Waals surface area contributed by atoms with Crippen molar-refractivity contribution < 1.29 is 9.84 Å². The van der Waals surface area contributed by atoms with Crippen molar-refractivity contribution in [3.05, 3.63) is 35.9 Å². The predicted octanol–water partition coefficient (Wildman–Crippen LogP) is 2.83. The Bertz CT molecular complexity index is 412. The molecule has 0 radical (unpaired) electrons. The molecule has 2 atom stereocenters. The van der Waals surface area contributed by atoms with E-state index in [1.807, 2.05) is 37.3 Å². The molecular formula is C15H22O2Si. The molecule has 1 unspecified atom stereocenters. The molecule has 0 aromatic heterocycles. The van der Waals surface area contributed by atoms with Gasteiger partial charge in [0.1, 0.15) is 14.2 Å². The number of hydrogen-bond acceptors (Lipinski definition) is 2. The van der Waals surface area contributed by atoms with Gasteiger partial charge in [0.2, 0.25) is 0 Å². The third kappa shape index (κ3) is 6.01. The fourth-order valence-electron chi connectivity index (χ4n) is 1.30. The van der Waals surface area contributed by atoms with E-state index in [1.165, 1.54) is 0 Å². The Labute approximate surface area is 111 Å². The largest absolute Gasteiger partial charge is 0.378 e. The molecule has 0 heterocycles. The zero-order valence-electron chi connectivity index (χ0n) is 11.6. The van der Waals surface area contributed by atoms with Crippen molar-refractivity contribution >= 4 is 8.07 Å². The van der Waals surface area contributed by atoms with Crippen LogP contribution < -0.4 is 0 Å². The summed E-state index contributed by atoms with van der Waals surface area (Å²) in [6.45, 7) is 8.83. The molecule has 0 saturated heterocycles. The van der Waals surface area contributed by atoms with E-state index in [0.717, 1.165) is 5.56 Å². The molecule has 0 fully saturated rings. The lowest BCUT2D eigenvalue weighted by atomic mass is 10.2. The fraction of sp³-hybridized carbons (Fsp3) is 0.467. The SMILES string of the molecule is C[C@@H](OCc1ccccc1)C(O)C#C[Si](C)(C)C. The van der Waals surface area contributed by atoms with E-state index in [-0.39, 0.29) is 6.10 Å². The third-order valence-electron chi connectivity index (χ3n) is 2.40. The Morgan fingerprint density at radius 1 is 1.22 bits per heavy atom. The van der Waals surface area contributed by atoms with Crippen molar-refractivity contribution in [2.75, 3.05) is 0 Å². The Kier molecular flexibility index (Phi) is 5.61. The maximum absolute atomic E-state index is 9.88. The van der Waals surface area contributed by atoms with E-state index in [4.69, 9.17) is 4.74 Å². The van der Waals surface area contributed by atoms with Gasteiger partial charge in [0.15, 0.2) is 0 Å². The van der Waals surface area contributed by atoms with Crippen LogP contribution in [0, 0.1) is 11.5 Å². The van der Waals surface area contributed by atoms with Crippen LogP contribution in [0.4, 0.5) is 0 Å². The molecule has 18 heavy (non-hydrogen) atoms. The van der Waals surface area contributed by atoms with E-state index in [9.17, 15) is 5.11 Å². The summed E-state index contributed by atoms with van der Waals surface area (Å²) in [4.78, 5) is 0. The van der Waals surface area contributed by atoms with Gasteiger partial charge in [0.05, 0.1) is 12.7 Å². The second-order valence-electron chi connectivity index (χ2n) is 5.47. The summed E-state index contributed by atoms with van der Waals surface area (Å²) in [5, 5.41) is 9.88. The third-order valence-corrected chi connectivity index (χ3v) is 3.29. The average molecular weight is 262 g/mol. The standard InChI is InChI=1S/C15H22O2Si/c1-13(15(16)10-11-18(2,3)4)17-12-14-8-6-5-7-9-14/h5-9,13,15-16H,12H2,1-4H3/t13-,15?/m1/s1. The number of hydrogen-bond donors (Lipinski definition) is 1. The van der Waals surface area contributed by atoms with Gasteiger partial charge in [0, 0.05) is 0 Å². The zero-order valence-corrected chi connectivity index (χ0v) is 12.6. The van der Waals surface area contributed by atoms with Gasteiger partial charge in [-0.05, 0) is 12.5 Å². The molecule has 0 saturated carbocycles. The number of ether oxygens (including phenoxy) is 1. The highest BCUT2D eigenvalue weighted by molar-refractivity contribution is 6.83. The Morgan fingerprint density at radius 3 is 2.39 bits per heavy atom. The average Bonchev–Trinajstić information content (AvgIpc) is 2.33. The summed E-state index contributed by atoms with van der Waals surface area (Å²) >= 11 is 0. The molecule has 0 aliphatic heterocycles. The first-order valence-corrected chi connectivity index (χ1v) is 9.75. The number of benzene rings is 1. The van der Waals surface area contributed by atoms with Gasteiger partial charge in [-0.25, -0.2) is 0 Å². The molecule has 1 aromatic rings. The normalized spacial score (nSPS) is 14.5. The number of aliphatic hydroxyl groups excluding tert-OH is 1.